The SMILES string of the molecule is COC(=O)C[C@@H](NC(=O)c1cnc(-c2ccccc2)s1)c1cccs1. The number of nitrogens with zero attached hydrogens (tertiary/aromatic N) is 1. The molecule has 3 rings (SSSR count). The van der Waals surface area contributed by atoms with Crippen LogP contribution in [0.2, 0.25) is 0 Å². The molecule has 7 heteroatoms. The highest BCUT2D eigenvalue weighted by molar-refractivity contribution is 7.16. The van der Waals surface area contributed by atoms with Crippen LogP contribution in [0.25, 0.3) is 10.6 Å². The number of aromatic nitrogens is 1. The number of hydrogen-bond donors (Lipinski definition) is 1. The Balaban J connectivity index is 1.75. The van der Waals surface area contributed by atoms with Crippen molar-refractivity contribution in [2.24, 2.45) is 0 Å². The van der Waals surface area contributed by atoms with Crippen molar-refractivity contribution >= 4 is 34.6 Å². The molecule has 0 unspecified atom stereocenters. The number of amides is 1. The molecule has 0 aliphatic rings. The summed E-state index contributed by atoms with van der Waals surface area (Å²) in [4.78, 5) is 30.0. The average molecular weight is 372 g/mol. The van der Waals surface area contributed by atoms with Crippen LogP contribution in [0.5, 0.6) is 0 Å². The summed E-state index contributed by atoms with van der Waals surface area (Å²) < 4.78 is 4.73. The molecule has 2 aromatic heterocycles. The van der Waals surface area contributed by atoms with Crippen molar-refractivity contribution in [1.82, 2.24) is 10.3 Å². The van der Waals surface area contributed by atoms with E-state index in [1.807, 2.05) is 47.8 Å². The first-order valence-electron chi connectivity index (χ1n) is 7.59. The second-order valence-corrected chi connectivity index (χ2v) is 7.23. The van der Waals surface area contributed by atoms with Crippen molar-refractivity contribution in [3.05, 3.63) is 63.8 Å². The highest BCUT2D eigenvalue weighted by Gasteiger charge is 2.21. The molecular formula is C18H16N2O3S2. The van der Waals surface area contributed by atoms with E-state index in [9.17, 15) is 9.59 Å². The van der Waals surface area contributed by atoms with Crippen molar-refractivity contribution in [2.75, 3.05) is 7.11 Å². The molecule has 25 heavy (non-hydrogen) atoms. The molecule has 1 atom stereocenters. The van der Waals surface area contributed by atoms with Gasteiger partial charge < -0.3 is 10.1 Å². The van der Waals surface area contributed by atoms with Gasteiger partial charge in [-0.15, -0.1) is 22.7 Å². The van der Waals surface area contributed by atoms with Crippen LogP contribution >= 0.6 is 22.7 Å². The van der Waals surface area contributed by atoms with Crippen LogP contribution in [0.3, 0.4) is 0 Å². The minimum atomic E-state index is -0.415. The first-order valence-corrected chi connectivity index (χ1v) is 9.29. The molecule has 2 heterocycles. The summed E-state index contributed by atoms with van der Waals surface area (Å²) in [6.07, 6.45) is 1.65. The Morgan fingerprint density at radius 2 is 2.00 bits per heavy atom. The summed E-state index contributed by atoms with van der Waals surface area (Å²) in [6, 6.07) is 13.1. The molecule has 0 saturated carbocycles. The summed E-state index contributed by atoms with van der Waals surface area (Å²) in [7, 11) is 1.34. The number of methoxy groups -OCH3 is 1. The zero-order valence-corrected chi connectivity index (χ0v) is 15.1. The van der Waals surface area contributed by atoms with Crippen molar-refractivity contribution in [2.45, 2.75) is 12.5 Å². The van der Waals surface area contributed by atoms with E-state index in [0.717, 1.165) is 15.4 Å². The monoisotopic (exact) mass is 372 g/mol. The first kappa shape index (κ1) is 17.3. The topological polar surface area (TPSA) is 68.3 Å². The van der Waals surface area contributed by atoms with Gasteiger partial charge in [-0.1, -0.05) is 36.4 Å². The number of benzene rings is 1. The van der Waals surface area contributed by atoms with E-state index in [1.165, 1.54) is 29.8 Å². The Hall–Kier alpha value is -2.51. The van der Waals surface area contributed by atoms with Gasteiger partial charge in [-0.25, -0.2) is 4.98 Å². The fraction of sp³-hybridized carbons (Fsp3) is 0.167. The molecule has 0 fully saturated rings. The first-order chi connectivity index (χ1) is 12.2. The quantitative estimate of drug-likeness (QED) is 0.666. The second kappa shape index (κ2) is 8.04. The zero-order chi connectivity index (χ0) is 17.6. The number of rotatable bonds is 6. The Labute approximate surface area is 153 Å². The molecule has 1 amide bonds. The lowest BCUT2D eigenvalue weighted by atomic mass is 10.1. The lowest BCUT2D eigenvalue weighted by Crippen LogP contribution is -2.29. The molecule has 3 aromatic rings. The van der Waals surface area contributed by atoms with Crippen LogP contribution in [0.15, 0.2) is 54.0 Å². The maximum atomic E-state index is 12.6. The lowest BCUT2D eigenvalue weighted by molar-refractivity contribution is -0.141. The van der Waals surface area contributed by atoms with E-state index in [0.29, 0.717) is 4.88 Å². The molecule has 0 aliphatic carbocycles. The molecule has 0 bridgehead atoms. The molecule has 0 radical (unpaired) electrons. The minimum absolute atomic E-state index is 0.0904. The van der Waals surface area contributed by atoms with Crippen molar-refractivity contribution < 1.29 is 14.3 Å². The van der Waals surface area contributed by atoms with Gasteiger partial charge in [0.1, 0.15) is 9.88 Å². The molecular weight excluding hydrogens is 356 g/mol. The van der Waals surface area contributed by atoms with Crippen LogP contribution in [0, 0.1) is 0 Å². The summed E-state index contributed by atoms with van der Waals surface area (Å²) in [5.74, 6) is -0.616. The standard InChI is InChI=1S/C18H16N2O3S2/c1-23-16(21)10-13(14-8-5-9-24-14)20-17(22)15-11-19-18(25-15)12-6-3-2-4-7-12/h2-9,11,13H,10H2,1H3,(H,20,22)/t13-/m1/s1. The van der Waals surface area contributed by atoms with Crippen LogP contribution in [-0.4, -0.2) is 24.0 Å². The summed E-state index contributed by atoms with van der Waals surface area (Å²) in [6.45, 7) is 0. The zero-order valence-electron chi connectivity index (χ0n) is 13.5. The van der Waals surface area contributed by atoms with Crippen LogP contribution in [0.4, 0.5) is 0 Å². The largest absolute Gasteiger partial charge is 0.469 e. The predicted octanol–water partition coefficient (Wildman–Crippen LogP) is 3.91. The van der Waals surface area contributed by atoms with Crippen LogP contribution < -0.4 is 5.32 Å². The molecule has 1 aromatic carbocycles. The van der Waals surface area contributed by atoms with E-state index in [2.05, 4.69) is 10.3 Å². The summed E-state index contributed by atoms with van der Waals surface area (Å²) >= 11 is 2.81. The smallest absolute Gasteiger partial charge is 0.307 e. The normalized spacial score (nSPS) is 11.7. The number of nitrogens with one attached hydrogen (secondary N) is 1. The van der Waals surface area contributed by atoms with Gasteiger partial charge in [-0.05, 0) is 11.4 Å². The fourth-order valence-electron chi connectivity index (χ4n) is 2.28. The van der Waals surface area contributed by atoms with Gasteiger partial charge in [0.2, 0.25) is 0 Å². The number of thiophene rings is 1. The van der Waals surface area contributed by atoms with E-state index in [1.54, 1.807) is 6.20 Å². The number of carbonyl (C=O) groups excluding carboxylic acids is 2. The van der Waals surface area contributed by atoms with Crippen molar-refractivity contribution in [3.63, 3.8) is 0 Å². The van der Waals surface area contributed by atoms with Gasteiger partial charge >= 0.3 is 5.97 Å². The van der Waals surface area contributed by atoms with Gasteiger partial charge in [-0.2, -0.15) is 0 Å². The summed E-state index contributed by atoms with van der Waals surface area (Å²) in [5.41, 5.74) is 0.968. The second-order valence-electron chi connectivity index (χ2n) is 5.22. The van der Waals surface area contributed by atoms with Gasteiger partial charge in [0.15, 0.2) is 0 Å². The minimum Gasteiger partial charge on any atom is -0.469 e. The molecule has 5 nitrogen and oxygen atoms in total. The molecule has 0 aliphatic heterocycles. The highest BCUT2D eigenvalue weighted by atomic mass is 32.1. The third-order valence-corrected chi connectivity index (χ3v) is 5.57. The number of esters is 1. The maximum Gasteiger partial charge on any atom is 0.307 e. The average Bonchev–Trinajstić information content (AvgIpc) is 3.33. The van der Waals surface area contributed by atoms with Gasteiger partial charge in [-0.3, -0.25) is 9.59 Å². The maximum absolute atomic E-state index is 12.6. The Morgan fingerprint density at radius 3 is 2.68 bits per heavy atom. The molecule has 128 valence electrons. The number of carbonyl (C=O) groups is 2. The lowest BCUT2D eigenvalue weighted by Gasteiger charge is -2.15. The third kappa shape index (κ3) is 4.32. The van der Waals surface area contributed by atoms with E-state index in [-0.39, 0.29) is 18.3 Å². The van der Waals surface area contributed by atoms with Gasteiger partial charge in [0.05, 0.1) is 25.8 Å². The van der Waals surface area contributed by atoms with E-state index >= 15 is 0 Å². The Morgan fingerprint density at radius 1 is 1.20 bits per heavy atom. The predicted molar refractivity (Wildman–Crippen MR) is 98.7 cm³/mol. The van der Waals surface area contributed by atoms with Crippen molar-refractivity contribution in [1.29, 1.82) is 0 Å². The van der Waals surface area contributed by atoms with E-state index in [4.69, 9.17) is 4.74 Å². The van der Waals surface area contributed by atoms with Crippen LogP contribution in [0.1, 0.15) is 27.0 Å². The highest BCUT2D eigenvalue weighted by Crippen LogP contribution is 2.27. The van der Waals surface area contributed by atoms with Crippen molar-refractivity contribution in [3.8, 4) is 10.6 Å². The number of hydrogen-bond acceptors (Lipinski definition) is 6. The van der Waals surface area contributed by atoms with E-state index < -0.39 is 6.04 Å². The number of ether oxygens (including phenoxy) is 1. The van der Waals surface area contributed by atoms with Gasteiger partial charge in [0.25, 0.3) is 5.91 Å². The molecule has 1 N–H and O–H groups in total. The molecule has 0 saturated heterocycles. The van der Waals surface area contributed by atoms with Crippen LogP contribution in [-0.2, 0) is 9.53 Å². The summed E-state index contributed by atoms with van der Waals surface area (Å²) in [5, 5.41) is 5.60. The Bertz CT molecular complexity index is 844. The fourth-order valence-corrected chi connectivity index (χ4v) is 3.89. The molecule has 0 spiro atoms. The third-order valence-electron chi connectivity index (χ3n) is 3.54. The Kier molecular flexibility index (Phi) is 5.57. The van der Waals surface area contributed by atoms with Gasteiger partial charge in [0, 0.05) is 10.4 Å². The number of thiazole rings is 1.